The van der Waals surface area contributed by atoms with Crippen LogP contribution >= 0.6 is 0 Å². The summed E-state index contributed by atoms with van der Waals surface area (Å²) < 4.78 is 30.7. The zero-order valence-corrected chi connectivity index (χ0v) is 11.7. The zero-order valence-electron chi connectivity index (χ0n) is 10.9. The van der Waals surface area contributed by atoms with Crippen molar-refractivity contribution in [3.63, 3.8) is 0 Å². The first kappa shape index (κ1) is 12.4. The Morgan fingerprint density at radius 2 is 2.05 bits per heavy atom. The predicted octanol–water partition coefficient (Wildman–Crippen LogP) is 0.913. The number of hydrogen-bond acceptors (Lipinski definition) is 5. The average Bonchev–Trinajstić information content (AvgIpc) is 2.75. The molecule has 1 aromatic rings. The van der Waals surface area contributed by atoms with Crippen LogP contribution in [0.2, 0.25) is 0 Å². The Kier molecular flexibility index (Phi) is 2.52. The van der Waals surface area contributed by atoms with Crippen LogP contribution in [0.5, 0.6) is 0 Å². The van der Waals surface area contributed by atoms with Crippen molar-refractivity contribution in [3.8, 4) is 0 Å². The minimum absolute atomic E-state index is 0.0756. The van der Waals surface area contributed by atoms with E-state index in [0.29, 0.717) is 29.4 Å². The highest BCUT2D eigenvalue weighted by Gasteiger charge is 2.67. The third-order valence-electron chi connectivity index (χ3n) is 5.12. The summed E-state index contributed by atoms with van der Waals surface area (Å²) in [6.45, 7) is 0. The van der Waals surface area contributed by atoms with Crippen molar-refractivity contribution in [3.05, 3.63) is 18.0 Å². The maximum Gasteiger partial charge on any atom is 0.240 e. The molecule has 1 aromatic heterocycles. The summed E-state index contributed by atoms with van der Waals surface area (Å²) in [6, 6.07) is 1.48. The van der Waals surface area contributed by atoms with Crippen molar-refractivity contribution in [2.45, 2.75) is 25.0 Å². The van der Waals surface area contributed by atoms with Crippen LogP contribution in [-0.4, -0.2) is 19.5 Å². The second-order valence-corrected chi connectivity index (χ2v) is 7.95. The molecule has 5 atom stereocenters. The van der Waals surface area contributed by atoms with Crippen LogP contribution in [0.15, 0.2) is 16.9 Å². The largest absolute Gasteiger partial charge is 0.364 e. The van der Waals surface area contributed by atoms with Crippen LogP contribution in [0.3, 0.4) is 0 Å². The first-order valence-electron chi connectivity index (χ1n) is 6.99. The van der Waals surface area contributed by atoms with Crippen molar-refractivity contribution >= 4 is 15.9 Å². The van der Waals surface area contributed by atoms with E-state index >= 15 is 0 Å². The fraction of sp³-hybridized carbons (Fsp3) is 0.692. The minimum atomic E-state index is -3.68. The van der Waals surface area contributed by atoms with E-state index in [0.717, 1.165) is 0 Å². The van der Waals surface area contributed by atoms with Gasteiger partial charge in [-0.05, 0) is 42.9 Å². The quantitative estimate of drug-likeness (QED) is 0.892. The molecule has 3 aliphatic rings. The molecule has 7 heteroatoms. The van der Waals surface area contributed by atoms with Crippen LogP contribution in [0.1, 0.15) is 25.0 Å². The molecule has 0 spiro atoms. The Bertz CT molecular complexity index is 623. The molecule has 1 unspecified atom stereocenters. The number of aromatic nitrogens is 1. The van der Waals surface area contributed by atoms with Crippen LogP contribution in [0.25, 0.3) is 0 Å². The van der Waals surface area contributed by atoms with Gasteiger partial charge in [0.15, 0.2) is 0 Å². The van der Waals surface area contributed by atoms with Crippen molar-refractivity contribution in [1.82, 2.24) is 9.88 Å². The summed E-state index contributed by atoms with van der Waals surface area (Å²) in [7, 11) is -3.68. The molecule has 6 nitrogen and oxygen atoms in total. The molecule has 20 heavy (non-hydrogen) atoms. The second-order valence-electron chi connectivity index (χ2n) is 6.23. The van der Waals surface area contributed by atoms with Gasteiger partial charge in [-0.25, -0.2) is 8.42 Å². The predicted molar refractivity (Wildman–Crippen MR) is 68.6 cm³/mol. The van der Waals surface area contributed by atoms with Gasteiger partial charge in [0.05, 0.1) is 0 Å². The number of rotatable bonds is 4. The van der Waals surface area contributed by atoms with Crippen LogP contribution in [-0.2, 0) is 20.6 Å². The van der Waals surface area contributed by atoms with Gasteiger partial charge in [0.25, 0.3) is 0 Å². The Labute approximate surface area is 117 Å². The van der Waals surface area contributed by atoms with Crippen molar-refractivity contribution in [1.29, 1.82) is 0 Å². The molecule has 4 rings (SSSR count). The third-order valence-corrected chi connectivity index (χ3v) is 6.31. The molecule has 0 aromatic carbocycles. The molecular weight excluding hydrogens is 280 g/mol. The van der Waals surface area contributed by atoms with Crippen molar-refractivity contribution < 1.29 is 17.7 Å². The number of fused-ring (bicyclic) bond motifs is 5. The molecule has 0 aliphatic heterocycles. The lowest BCUT2D eigenvalue weighted by molar-refractivity contribution is -0.121. The molecule has 108 valence electrons. The number of amides is 1. The Balaban J connectivity index is 1.41. The van der Waals surface area contributed by atoms with Gasteiger partial charge in [-0.3, -0.25) is 9.52 Å². The lowest BCUT2D eigenvalue weighted by atomic mass is 10.0. The number of sulfonamides is 1. The van der Waals surface area contributed by atoms with Gasteiger partial charge in [0.2, 0.25) is 15.9 Å². The summed E-state index contributed by atoms with van der Waals surface area (Å²) in [6.07, 6.45) is 4.98. The van der Waals surface area contributed by atoms with Gasteiger partial charge in [-0.1, -0.05) is 5.16 Å². The van der Waals surface area contributed by atoms with E-state index in [-0.39, 0.29) is 17.6 Å². The zero-order chi connectivity index (χ0) is 13.9. The lowest BCUT2D eigenvalue weighted by Gasteiger charge is -2.09. The summed E-state index contributed by atoms with van der Waals surface area (Å²) in [4.78, 5) is 12.1. The highest BCUT2D eigenvalue weighted by molar-refractivity contribution is 7.89. The molecule has 3 saturated carbocycles. The topological polar surface area (TPSA) is 89.3 Å². The normalized spacial score (nSPS) is 37.7. The number of carbonyl (C=O) groups is 1. The van der Waals surface area contributed by atoms with Gasteiger partial charge in [-0.15, -0.1) is 0 Å². The maximum atomic E-state index is 12.1. The van der Waals surface area contributed by atoms with E-state index < -0.39 is 10.0 Å². The maximum absolute atomic E-state index is 12.1. The van der Waals surface area contributed by atoms with Gasteiger partial charge < -0.3 is 4.52 Å². The molecule has 0 radical (unpaired) electrons. The summed E-state index contributed by atoms with van der Waals surface area (Å²) in [5.41, 5.74) is 0.307. The van der Waals surface area contributed by atoms with Crippen LogP contribution < -0.4 is 4.72 Å². The lowest BCUT2D eigenvalue weighted by Crippen LogP contribution is -2.34. The molecular formula is C13H16N2O4S. The Morgan fingerprint density at radius 1 is 1.35 bits per heavy atom. The van der Waals surface area contributed by atoms with Gasteiger partial charge in [0, 0.05) is 12.0 Å². The summed E-state index contributed by atoms with van der Waals surface area (Å²) >= 11 is 0. The van der Waals surface area contributed by atoms with E-state index in [4.69, 9.17) is 0 Å². The molecule has 1 N–H and O–H groups in total. The van der Waals surface area contributed by atoms with Gasteiger partial charge in [-0.2, -0.15) is 0 Å². The number of nitrogens with one attached hydrogen (secondary N) is 1. The van der Waals surface area contributed by atoms with E-state index in [1.807, 2.05) is 0 Å². The third kappa shape index (κ3) is 1.87. The number of nitrogens with zero attached hydrogens (tertiary/aromatic N) is 1. The number of carbonyl (C=O) groups excluding carboxylic acids is 1. The minimum Gasteiger partial charge on any atom is -0.364 e. The van der Waals surface area contributed by atoms with E-state index in [9.17, 15) is 13.2 Å². The van der Waals surface area contributed by atoms with Crippen LogP contribution in [0.4, 0.5) is 0 Å². The SMILES string of the molecule is O=C(NS(=O)(=O)Cc1ccon1)C1[C@@H]2[C@H]3CC[C@H](C3)[C@H]12. The van der Waals surface area contributed by atoms with Crippen molar-refractivity contribution in [2.75, 3.05) is 0 Å². The fourth-order valence-electron chi connectivity index (χ4n) is 4.44. The standard InChI is InChI=1S/C13H16N2O4S/c16-13(12-10-7-1-2-8(5-7)11(10)12)15-20(17,18)6-9-3-4-19-14-9/h3-4,7-8,10-12H,1-2,5-6H2,(H,15,16)/t7-,8+,10+,11-,12?. The molecule has 0 saturated heterocycles. The Hall–Kier alpha value is -1.37. The first-order valence-corrected chi connectivity index (χ1v) is 8.64. The molecule has 2 bridgehead atoms. The molecule has 3 fully saturated rings. The first-order chi connectivity index (χ1) is 9.55. The van der Waals surface area contributed by atoms with Crippen molar-refractivity contribution in [2.24, 2.45) is 29.6 Å². The van der Waals surface area contributed by atoms with E-state index in [2.05, 4.69) is 14.4 Å². The second kappa shape index (κ2) is 4.07. The summed E-state index contributed by atoms with van der Waals surface area (Å²) in [5, 5.41) is 3.56. The van der Waals surface area contributed by atoms with Crippen LogP contribution in [0, 0.1) is 29.6 Å². The highest BCUT2D eigenvalue weighted by Crippen LogP contribution is 2.69. The molecule has 3 aliphatic carbocycles. The number of hydrogen-bond donors (Lipinski definition) is 1. The fourth-order valence-corrected chi connectivity index (χ4v) is 5.49. The smallest absolute Gasteiger partial charge is 0.240 e. The van der Waals surface area contributed by atoms with Gasteiger partial charge >= 0.3 is 0 Å². The Morgan fingerprint density at radius 3 is 2.65 bits per heavy atom. The molecule has 1 heterocycles. The average molecular weight is 296 g/mol. The van der Waals surface area contributed by atoms with E-state index in [1.165, 1.54) is 31.6 Å². The molecule has 1 amide bonds. The monoisotopic (exact) mass is 296 g/mol. The van der Waals surface area contributed by atoms with E-state index in [1.54, 1.807) is 0 Å². The van der Waals surface area contributed by atoms with Gasteiger partial charge in [0.1, 0.15) is 17.7 Å². The highest BCUT2D eigenvalue weighted by atomic mass is 32.2. The summed E-state index contributed by atoms with van der Waals surface area (Å²) in [5.74, 6) is 1.47.